The molecule has 0 aromatic carbocycles. The second kappa shape index (κ2) is 4.41. The molecule has 0 amide bonds. The third-order valence-electron chi connectivity index (χ3n) is 3.30. The number of fused-ring (bicyclic) bond motifs is 1. The Labute approximate surface area is 109 Å². The van der Waals surface area contributed by atoms with Gasteiger partial charge in [-0.05, 0) is 35.9 Å². The molecule has 2 atom stereocenters. The number of nitrogens with zero attached hydrogens (tertiary/aromatic N) is 1. The van der Waals surface area contributed by atoms with Gasteiger partial charge in [0.05, 0.1) is 16.0 Å². The number of pyridine rings is 1. The summed E-state index contributed by atoms with van der Waals surface area (Å²) in [6.45, 7) is 0. The SMILES string of the molecule is OC(c1sccc1Cl)C1CCc2cccnc21. The van der Waals surface area contributed by atoms with E-state index < -0.39 is 6.10 Å². The molecular formula is C13H12ClNOS. The van der Waals surface area contributed by atoms with Crippen molar-refractivity contribution in [2.75, 3.05) is 0 Å². The molecular weight excluding hydrogens is 254 g/mol. The lowest BCUT2D eigenvalue weighted by Gasteiger charge is -2.17. The first-order valence-corrected chi connectivity index (χ1v) is 6.88. The highest BCUT2D eigenvalue weighted by atomic mass is 35.5. The van der Waals surface area contributed by atoms with Crippen molar-refractivity contribution in [3.8, 4) is 0 Å². The second-order valence-corrected chi connectivity index (χ2v) is 5.63. The molecule has 2 heterocycles. The Bertz CT molecular complexity index is 540. The third-order valence-corrected chi connectivity index (χ3v) is 4.73. The zero-order chi connectivity index (χ0) is 11.8. The van der Waals surface area contributed by atoms with Crippen LogP contribution in [-0.4, -0.2) is 10.1 Å². The number of hydrogen-bond acceptors (Lipinski definition) is 3. The number of aliphatic hydroxyl groups excluding tert-OH is 1. The van der Waals surface area contributed by atoms with Gasteiger partial charge >= 0.3 is 0 Å². The smallest absolute Gasteiger partial charge is 0.0980 e. The van der Waals surface area contributed by atoms with Gasteiger partial charge < -0.3 is 5.11 Å². The number of halogens is 1. The normalized spacial score (nSPS) is 20.2. The standard InChI is InChI=1S/C13H12ClNOS/c14-10-5-7-17-13(10)12(16)9-4-3-8-2-1-6-15-11(8)9/h1-2,5-7,9,12,16H,3-4H2. The van der Waals surface area contributed by atoms with E-state index in [1.165, 1.54) is 16.9 Å². The zero-order valence-corrected chi connectivity index (χ0v) is 10.7. The van der Waals surface area contributed by atoms with Crippen LogP contribution in [0.4, 0.5) is 0 Å². The van der Waals surface area contributed by atoms with Crippen LogP contribution >= 0.6 is 22.9 Å². The molecule has 3 rings (SSSR count). The fraction of sp³-hybridized carbons (Fsp3) is 0.308. The molecule has 2 aromatic rings. The summed E-state index contributed by atoms with van der Waals surface area (Å²) >= 11 is 7.58. The molecule has 2 nitrogen and oxygen atoms in total. The van der Waals surface area contributed by atoms with Gasteiger partial charge in [-0.15, -0.1) is 11.3 Å². The lowest BCUT2D eigenvalue weighted by molar-refractivity contribution is 0.147. The van der Waals surface area contributed by atoms with Gasteiger partial charge in [-0.3, -0.25) is 4.98 Å². The van der Waals surface area contributed by atoms with Crippen LogP contribution < -0.4 is 0 Å². The maximum atomic E-state index is 10.4. The number of aliphatic hydroxyl groups is 1. The minimum atomic E-state index is -0.529. The van der Waals surface area contributed by atoms with E-state index in [9.17, 15) is 5.11 Å². The van der Waals surface area contributed by atoms with E-state index in [1.54, 1.807) is 6.20 Å². The molecule has 0 saturated carbocycles. The Kier molecular flexibility index (Phi) is 2.90. The summed E-state index contributed by atoms with van der Waals surface area (Å²) in [4.78, 5) is 5.26. The molecule has 1 N–H and O–H groups in total. The van der Waals surface area contributed by atoms with Crippen molar-refractivity contribution in [2.24, 2.45) is 0 Å². The summed E-state index contributed by atoms with van der Waals surface area (Å²) in [6.07, 6.45) is 3.20. The van der Waals surface area contributed by atoms with Crippen LogP contribution in [0, 0.1) is 0 Å². The summed E-state index contributed by atoms with van der Waals surface area (Å²) < 4.78 is 0. The van der Waals surface area contributed by atoms with Gasteiger partial charge in [0.1, 0.15) is 0 Å². The van der Waals surface area contributed by atoms with Gasteiger partial charge in [0.15, 0.2) is 0 Å². The Morgan fingerprint density at radius 2 is 2.35 bits per heavy atom. The molecule has 0 fully saturated rings. The Morgan fingerprint density at radius 1 is 1.47 bits per heavy atom. The molecule has 0 aliphatic heterocycles. The minimum absolute atomic E-state index is 0.0855. The molecule has 1 aliphatic rings. The highest BCUT2D eigenvalue weighted by Crippen LogP contribution is 2.43. The summed E-state index contributed by atoms with van der Waals surface area (Å²) in [5.41, 5.74) is 2.29. The topological polar surface area (TPSA) is 33.1 Å². The molecule has 4 heteroatoms. The van der Waals surface area contributed by atoms with Crippen molar-refractivity contribution in [1.82, 2.24) is 4.98 Å². The molecule has 17 heavy (non-hydrogen) atoms. The highest BCUT2D eigenvalue weighted by Gasteiger charge is 2.32. The zero-order valence-electron chi connectivity index (χ0n) is 9.14. The van der Waals surface area contributed by atoms with E-state index in [-0.39, 0.29) is 5.92 Å². The highest BCUT2D eigenvalue weighted by molar-refractivity contribution is 7.10. The number of aromatic nitrogens is 1. The first-order chi connectivity index (χ1) is 8.27. The molecule has 2 aromatic heterocycles. The minimum Gasteiger partial charge on any atom is -0.387 e. The summed E-state index contributed by atoms with van der Waals surface area (Å²) in [6, 6.07) is 5.87. The van der Waals surface area contributed by atoms with Crippen LogP contribution in [0.25, 0.3) is 0 Å². The Balaban J connectivity index is 1.95. The van der Waals surface area contributed by atoms with Gasteiger partial charge in [0.2, 0.25) is 0 Å². The van der Waals surface area contributed by atoms with Crippen molar-refractivity contribution in [3.63, 3.8) is 0 Å². The number of aryl methyl sites for hydroxylation is 1. The maximum Gasteiger partial charge on any atom is 0.0980 e. The largest absolute Gasteiger partial charge is 0.387 e. The molecule has 0 spiro atoms. The van der Waals surface area contributed by atoms with Gasteiger partial charge in [-0.1, -0.05) is 17.7 Å². The van der Waals surface area contributed by atoms with Crippen LogP contribution in [-0.2, 0) is 6.42 Å². The van der Waals surface area contributed by atoms with E-state index >= 15 is 0 Å². The van der Waals surface area contributed by atoms with Crippen LogP contribution in [0.1, 0.15) is 34.6 Å². The summed E-state index contributed by atoms with van der Waals surface area (Å²) in [7, 11) is 0. The van der Waals surface area contributed by atoms with Gasteiger partial charge in [0.25, 0.3) is 0 Å². The molecule has 0 radical (unpaired) electrons. The van der Waals surface area contributed by atoms with Crippen LogP contribution in [0.3, 0.4) is 0 Å². The molecule has 88 valence electrons. The fourth-order valence-corrected chi connectivity index (χ4v) is 3.67. The van der Waals surface area contributed by atoms with E-state index in [0.717, 1.165) is 23.4 Å². The third kappa shape index (κ3) is 1.88. The van der Waals surface area contributed by atoms with Crippen molar-refractivity contribution in [2.45, 2.75) is 24.9 Å². The Hall–Kier alpha value is -0.900. The first-order valence-electron chi connectivity index (χ1n) is 5.62. The molecule has 0 bridgehead atoms. The quantitative estimate of drug-likeness (QED) is 0.901. The van der Waals surface area contributed by atoms with Crippen molar-refractivity contribution in [3.05, 3.63) is 50.9 Å². The lowest BCUT2D eigenvalue weighted by Crippen LogP contribution is -2.08. The van der Waals surface area contributed by atoms with E-state index in [0.29, 0.717) is 5.02 Å². The van der Waals surface area contributed by atoms with Crippen LogP contribution in [0.15, 0.2) is 29.8 Å². The fourth-order valence-electron chi connectivity index (χ4n) is 2.45. The molecule has 1 aliphatic carbocycles. The van der Waals surface area contributed by atoms with E-state index in [2.05, 4.69) is 11.1 Å². The van der Waals surface area contributed by atoms with E-state index in [1.807, 2.05) is 17.5 Å². The summed E-state index contributed by atoms with van der Waals surface area (Å²) in [5.74, 6) is 0.0855. The predicted molar refractivity (Wildman–Crippen MR) is 69.6 cm³/mol. The Morgan fingerprint density at radius 3 is 3.12 bits per heavy atom. The monoisotopic (exact) mass is 265 g/mol. The van der Waals surface area contributed by atoms with Gasteiger partial charge in [-0.2, -0.15) is 0 Å². The average molecular weight is 266 g/mol. The first kappa shape index (κ1) is 11.2. The number of rotatable bonds is 2. The van der Waals surface area contributed by atoms with Crippen LogP contribution in [0.2, 0.25) is 5.02 Å². The second-order valence-electron chi connectivity index (χ2n) is 4.27. The molecule has 2 unspecified atom stereocenters. The number of hydrogen-bond donors (Lipinski definition) is 1. The van der Waals surface area contributed by atoms with Crippen molar-refractivity contribution >= 4 is 22.9 Å². The van der Waals surface area contributed by atoms with Crippen molar-refractivity contribution in [1.29, 1.82) is 0 Å². The van der Waals surface area contributed by atoms with E-state index in [4.69, 9.17) is 11.6 Å². The maximum absolute atomic E-state index is 10.4. The lowest BCUT2D eigenvalue weighted by atomic mass is 9.98. The average Bonchev–Trinajstić information content (AvgIpc) is 2.94. The van der Waals surface area contributed by atoms with Crippen molar-refractivity contribution < 1.29 is 5.11 Å². The predicted octanol–water partition coefficient (Wildman–Crippen LogP) is 3.56. The van der Waals surface area contributed by atoms with Gasteiger partial charge in [0, 0.05) is 17.8 Å². The van der Waals surface area contributed by atoms with Gasteiger partial charge in [-0.25, -0.2) is 0 Å². The molecule has 0 saturated heterocycles. The summed E-state index contributed by atoms with van der Waals surface area (Å²) in [5, 5.41) is 13.0. The number of thiophene rings is 1. The van der Waals surface area contributed by atoms with Crippen LogP contribution in [0.5, 0.6) is 0 Å².